The first-order valence-electron chi connectivity index (χ1n) is 18.0. The third kappa shape index (κ3) is 6.62. The summed E-state index contributed by atoms with van der Waals surface area (Å²) in [5, 5.41) is 3.35. The summed E-state index contributed by atoms with van der Waals surface area (Å²) in [7, 11) is 2.04. The van der Waals surface area contributed by atoms with Crippen molar-refractivity contribution in [2.45, 2.75) is 143 Å². The Morgan fingerprint density at radius 3 is 2.70 bits per heavy atom. The smallest absolute Gasteiger partial charge is 0.119 e. The minimum atomic E-state index is -0.394. The van der Waals surface area contributed by atoms with E-state index in [-0.39, 0.29) is 13.5 Å². The maximum atomic E-state index is 9.68. The monoisotopic (exact) mass is 616 g/mol. The van der Waals surface area contributed by atoms with Crippen LogP contribution in [0.1, 0.15) is 125 Å². The van der Waals surface area contributed by atoms with Crippen molar-refractivity contribution >= 4 is 6.29 Å². The number of rotatable bonds is 7. The number of hydroxylamine groups is 1. The van der Waals surface area contributed by atoms with Crippen molar-refractivity contribution in [2.75, 3.05) is 33.2 Å². The lowest BCUT2D eigenvalue weighted by molar-refractivity contribution is -0.150. The first-order chi connectivity index (χ1) is 20.6. The number of aldehydes is 1. The molecule has 2 saturated heterocycles. The zero-order valence-corrected chi connectivity index (χ0v) is 28.3. The predicted molar refractivity (Wildman–Crippen MR) is 183 cm³/mol. The van der Waals surface area contributed by atoms with E-state index >= 15 is 0 Å². The van der Waals surface area contributed by atoms with Gasteiger partial charge in [0.25, 0.3) is 0 Å². The molecule has 2 heterocycles. The summed E-state index contributed by atoms with van der Waals surface area (Å²) in [5.41, 5.74) is 19.9. The van der Waals surface area contributed by atoms with Crippen LogP contribution in [0.3, 0.4) is 0 Å². The lowest BCUT2D eigenvalue weighted by atomic mass is 9.56. The number of allylic oxidation sites excluding steroid dienone is 1. The SMILES string of the molecule is C.CCCCCC=O.CNCCN1CC(C)CC2ONCCC3C4CC=C5CC(N)CCC5(C)C4CC34CC4(C)CCC21N. The summed E-state index contributed by atoms with van der Waals surface area (Å²) in [4.78, 5) is 18.7. The number of unbranched alkanes of at least 4 members (excludes halogenated alkanes) is 3. The number of hydrogen-bond acceptors (Lipinski definition) is 7. The lowest BCUT2D eigenvalue weighted by Gasteiger charge is -2.51. The van der Waals surface area contributed by atoms with Gasteiger partial charge in [-0.15, -0.1) is 0 Å². The van der Waals surface area contributed by atoms with E-state index in [1.807, 2.05) is 7.05 Å². The number of carbonyl (C=O) groups is 1. The number of piperidine rings is 1. The van der Waals surface area contributed by atoms with E-state index in [1.165, 1.54) is 57.8 Å². The van der Waals surface area contributed by atoms with Crippen molar-refractivity contribution in [1.82, 2.24) is 15.7 Å². The van der Waals surface area contributed by atoms with Crippen LogP contribution in [0.25, 0.3) is 0 Å². The van der Waals surface area contributed by atoms with Gasteiger partial charge < -0.3 is 21.6 Å². The van der Waals surface area contributed by atoms with Crippen molar-refractivity contribution in [3.63, 3.8) is 0 Å². The van der Waals surface area contributed by atoms with Crippen LogP contribution >= 0.6 is 0 Å². The molecule has 7 nitrogen and oxygen atoms in total. The summed E-state index contributed by atoms with van der Waals surface area (Å²) in [6, 6.07) is 0.371. The van der Waals surface area contributed by atoms with Crippen LogP contribution in [0.2, 0.25) is 0 Å². The molecule has 2 aliphatic heterocycles. The Balaban J connectivity index is 0.000000497. The molecule has 0 aromatic rings. The molecule has 0 aromatic heterocycles. The Bertz CT molecular complexity index is 991. The highest BCUT2D eigenvalue weighted by molar-refractivity contribution is 5.48. The van der Waals surface area contributed by atoms with E-state index in [0.29, 0.717) is 28.2 Å². The van der Waals surface area contributed by atoms with Gasteiger partial charge in [-0.1, -0.05) is 59.6 Å². The number of likely N-dealkylation sites (N-methyl/N-ethyl adjacent to an activating group) is 1. The molecule has 10 unspecified atom stereocenters. The van der Waals surface area contributed by atoms with E-state index < -0.39 is 5.66 Å². The third-order valence-electron chi connectivity index (χ3n) is 13.5. The highest BCUT2D eigenvalue weighted by atomic mass is 16.7. The first kappa shape index (κ1) is 36.0. The van der Waals surface area contributed by atoms with Crippen LogP contribution in [0.4, 0.5) is 0 Å². The van der Waals surface area contributed by atoms with Crippen LogP contribution in [0.15, 0.2) is 11.6 Å². The van der Waals surface area contributed by atoms with Crippen LogP contribution < -0.4 is 22.3 Å². The summed E-state index contributed by atoms with van der Waals surface area (Å²) < 4.78 is 0. The second kappa shape index (κ2) is 14.5. The minimum Gasteiger partial charge on any atom is -0.327 e. The molecule has 254 valence electrons. The van der Waals surface area contributed by atoms with Gasteiger partial charge in [-0.05, 0) is 118 Å². The maximum Gasteiger partial charge on any atom is 0.119 e. The average Bonchev–Trinajstić information content (AvgIpc) is 3.43. The topological polar surface area (TPSA) is 106 Å². The van der Waals surface area contributed by atoms with Crippen molar-refractivity contribution in [3.05, 3.63) is 11.6 Å². The average molecular weight is 616 g/mol. The van der Waals surface area contributed by atoms with Gasteiger partial charge in [-0.3, -0.25) is 9.74 Å². The van der Waals surface area contributed by atoms with Crippen molar-refractivity contribution in [2.24, 2.45) is 51.4 Å². The molecule has 10 atom stereocenters. The Labute approximate surface area is 270 Å². The van der Waals surface area contributed by atoms with E-state index in [2.05, 4.69) is 49.5 Å². The highest BCUT2D eigenvalue weighted by Gasteiger charge is 2.74. The van der Waals surface area contributed by atoms with Gasteiger partial charge in [0.15, 0.2) is 0 Å². The number of fused-ring (bicyclic) bond motifs is 5. The summed E-state index contributed by atoms with van der Waals surface area (Å²) in [6.45, 7) is 13.7. The van der Waals surface area contributed by atoms with Gasteiger partial charge in [0.1, 0.15) is 12.4 Å². The normalized spacial score (nSPS) is 44.8. The molecule has 6 aliphatic rings. The number of nitrogens with one attached hydrogen (secondary N) is 2. The molecule has 4 aliphatic carbocycles. The van der Waals surface area contributed by atoms with Crippen molar-refractivity contribution in [1.29, 1.82) is 0 Å². The number of carbonyl (C=O) groups excluding carboxylic acids is 1. The number of nitrogens with two attached hydrogens (primary N) is 2. The van der Waals surface area contributed by atoms with E-state index in [0.717, 1.165) is 82.3 Å². The second-order valence-corrected chi connectivity index (χ2v) is 16.2. The van der Waals surface area contributed by atoms with Crippen LogP contribution in [0, 0.1) is 39.9 Å². The Morgan fingerprint density at radius 2 is 1.98 bits per heavy atom. The standard InChI is InChI=1S/C30H53N5O.C6H12O.CH4/c1-20-15-26-30(32,35(18-20)14-13-33-4)11-10-27(2)19-29(27)17-25-23(24(29)8-12-34-36-26)6-5-21-16-22(31)7-9-28(21,25)3;1-2-3-4-5-6-7;/h5,20,22-26,33-34H,6-19,31-32H2,1-4H3;6H,2-5H2,1H3;1H4. The van der Waals surface area contributed by atoms with Crippen LogP contribution in [-0.4, -0.2) is 62.2 Å². The molecule has 6 N–H and O–H groups in total. The van der Waals surface area contributed by atoms with Crippen LogP contribution in [-0.2, 0) is 9.63 Å². The zero-order valence-electron chi connectivity index (χ0n) is 28.3. The Kier molecular flexibility index (Phi) is 11.9. The second-order valence-electron chi connectivity index (χ2n) is 16.2. The van der Waals surface area contributed by atoms with E-state index in [9.17, 15) is 4.79 Å². The molecule has 1 spiro atoms. The summed E-state index contributed by atoms with van der Waals surface area (Å²) >= 11 is 0. The molecule has 44 heavy (non-hydrogen) atoms. The van der Waals surface area contributed by atoms with Gasteiger partial charge >= 0.3 is 0 Å². The van der Waals surface area contributed by atoms with Gasteiger partial charge in [0.2, 0.25) is 0 Å². The number of nitrogens with zero attached hydrogens (tertiary/aromatic N) is 1. The molecule has 6 rings (SSSR count). The fourth-order valence-electron chi connectivity index (χ4n) is 10.8. The first-order valence-corrected chi connectivity index (χ1v) is 18.0. The molecule has 0 radical (unpaired) electrons. The molecule has 7 heteroatoms. The van der Waals surface area contributed by atoms with Gasteiger partial charge in [-0.2, -0.15) is 0 Å². The van der Waals surface area contributed by atoms with Gasteiger partial charge in [0, 0.05) is 38.6 Å². The summed E-state index contributed by atoms with van der Waals surface area (Å²) in [5.74, 6) is 3.04. The fraction of sp³-hybridized carbons (Fsp3) is 0.919. The lowest BCUT2D eigenvalue weighted by Crippen LogP contribution is -2.69. The molecule has 5 fully saturated rings. The predicted octanol–water partition coefficient (Wildman–Crippen LogP) is 6.17. The highest BCUT2D eigenvalue weighted by Crippen LogP contribution is 2.81. The molecule has 0 amide bonds. The zero-order chi connectivity index (χ0) is 30.9. The quantitative estimate of drug-likeness (QED) is 0.154. The Hall–Kier alpha value is -0.830. The van der Waals surface area contributed by atoms with Gasteiger partial charge in [-0.25, -0.2) is 5.48 Å². The molecular formula is C37H69N5O2. The largest absolute Gasteiger partial charge is 0.327 e. The molecule has 0 bridgehead atoms. The van der Waals surface area contributed by atoms with E-state index in [1.54, 1.807) is 5.57 Å². The molecule has 3 saturated carbocycles. The maximum absolute atomic E-state index is 9.68. The summed E-state index contributed by atoms with van der Waals surface area (Å²) in [6.07, 6.45) is 20.1. The number of likely N-dealkylation sites (tertiary alicyclic amines) is 1. The number of hydrogen-bond donors (Lipinski definition) is 4. The van der Waals surface area contributed by atoms with Crippen molar-refractivity contribution in [3.8, 4) is 0 Å². The van der Waals surface area contributed by atoms with Crippen LogP contribution in [0.5, 0.6) is 0 Å². The minimum absolute atomic E-state index is 0. The molecular weight excluding hydrogens is 546 g/mol. The third-order valence-corrected chi connectivity index (χ3v) is 13.5. The van der Waals surface area contributed by atoms with Gasteiger partial charge in [0.05, 0.1) is 5.66 Å². The van der Waals surface area contributed by atoms with Crippen molar-refractivity contribution < 1.29 is 9.63 Å². The Morgan fingerprint density at radius 1 is 1.18 bits per heavy atom. The fourth-order valence-corrected chi connectivity index (χ4v) is 10.8. The van der Waals surface area contributed by atoms with E-state index in [4.69, 9.17) is 16.3 Å². The molecule has 0 aromatic carbocycles.